The van der Waals surface area contributed by atoms with Crippen LogP contribution in [0, 0.1) is 0 Å². The van der Waals surface area contributed by atoms with Crippen LogP contribution in [-0.2, 0) is 9.53 Å². The standard InChI is InChI=1S/C11H24N2O2/c1-11(2,3)15-10(14)6-7-12-8-9-13(4)5/h12H,6-9H2,1-5H3. The summed E-state index contributed by atoms with van der Waals surface area (Å²) >= 11 is 0. The molecule has 0 fully saturated rings. The van der Waals surface area contributed by atoms with Gasteiger partial charge in [0.15, 0.2) is 0 Å². The molecular weight excluding hydrogens is 192 g/mol. The summed E-state index contributed by atoms with van der Waals surface area (Å²) < 4.78 is 5.18. The molecule has 0 aromatic rings. The molecule has 15 heavy (non-hydrogen) atoms. The number of likely N-dealkylation sites (N-methyl/N-ethyl adjacent to an activating group) is 1. The maximum Gasteiger partial charge on any atom is 0.307 e. The minimum absolute atomic E-state index is 0.139. The molecule has 0 aromatic carbocycles. The predicted octanol–water partition coefficient (Wildman–Crippen LogP) is 0.869. The second-order valence-electron chi connectivity index (χ2n) is 4.89. The third kappa shape index (κ3) is 11.3. The van der Waals surface area contributed by atoms with Crippen molar-refractivity contribution < 1.29 is 9.53 Å². The van der Waals surface area contributed by atoms with Gasteiger partial charge in [0.05, 0.1) is 6.42 Å². The summed E-state index contributed by atoms with van der Waals surface area (Å²) in [5.74, 6) is -0.139. The highest BCUT2D eigenvalue weighted by Gasteiger charge is 2.15. The summed E-state index contributed by atoms with van der Waals surface area (Å²) in [4.78, 5) is 13.4. The highest BCUT2D eigenvalue weighted by molar-refractivity contribution is 5.70. The lowest BCUT2D eigenvalue weighted by atomic mass is 10.2. The van der Waals surface area contributed by atoms with E-state index in [2.05, 4.69) is 10.2 Å². The van der Waals surface area contributed by atoms with Gasteiger partial charge in [-0.05, 0) is 34.9 Å². The average Bonchev–Trinajstić information content (AvgIpc) is 1.99. The molecule has 0 saturated heterocycles. The maximum absolute atomic E-state index is 11.3. The molecule has 4 nitrogen and oxygen atoms in total. The van der Waals surface area contributed by atoms with Gasteiger partial charge in [-0.2, -0.15) is 0 Å². The Morgan fingerprint density at radius 2 is 1.87 bits per heavy atom. The third-order valence-corrected chi connectivity index (χ3v) is 1.66. The van der Waals surface area contributed by atoms with Gasteiger partial charge < -0.3 is 15.0 Å². The van der Waals surface area contributed by atoms with Crippen LogP contribution in [0.2, 0.25) is 0 Å². The van der Waals surface area contributed by atoms with Crippen LogP contribution in [0.25, 0.3) is 0 Å². The normalized spacial score (nSPS) is 11.9. The van der Waals surface area contributed by atoms with Crippen molar-refractivity contribution in [3.8, 4) is 0 Å². The van der Waals surface area contributed by atoms with Gasteiger partial charge in [-0.1, -0.05) is 0 Å². The van der Waals surface area contributed by atoms with E-state index in [4.69, 9.17) is 4.74 Å². The van der Waals surface area contributed by atoms with Crippen LogP contribution in [0.3, 0.4) is 0 Å². The lowest BCUT2D eigenvalue weighted by molar-refractivity contribution is -0.154. The first kappa shape index (κ1) is 14.4. The molecule has 0 radical (unpaired) electrons. The van der Waals surface area contributed by atoms with Crippen molar-refractivity contribution in [1.82, 2.24) is 10.2 Å². The Balaban J connectivity index is 3.40. The lowest BCUT2D eigenvalue weighted by Crippen LogP contribution is -2.30. The van der Waals surface area contributed by atoms with E-state index in [9.17, 15) is 4.79 Å². The molecule has 0 rings (SSSR count). The van der Waals surface area contributed by atoms with Gasteiger partial charge in [0.2, 0.25) is 0 Å². The fraction of sp³-hybridized carbons (Fsp3) is 0.909. The highest BCUT2D eigenvalue weighted by Crippen LogP contribution is 2.07. The summed E-state index contributed by atoms with van der Waals surface area (Å²) in [5.41, 5.74) is -0.374. The number of hydrogen-bond acceptors (Lipinski definition) is 4. The van der Waals surface area contributed by atoms with Crippen LogP contribution in [0.5, 0.6) is 0 Å². The fourth-order valence-electron chi connectivity index (χ4n) is 1.01. The van der Waals surface area contributed by atoms with E-state index < -0.39 is 0 Å². The molecule has 0 aliphatic heterocycles. The van der Waals surface area contributed by atoms with Gasteiger partial charge in [0.25, 0.3) is 0 Å². The monoisotopic (exact) mass is 216 g/mol. The molecule has 0 bridgehead atoms. The first-order valence-corrected chi connectivity index (χ1v) is 5.38. The summed E-state index contributed by atoms with van der Waals surface area (Å²) in [6.07, 6.45) is 0.435. The molecule has 90 valence electrons. The molecule has 0 aliphatic rings. The van der Waals surface area contributed by atoms with Crippen LogP contribution in [0.4, 0.5) is 0 Å². The molecule has 0 spiro atoms. The molecule has 0 aromatic heterocycles. The zero-order valence-electron chi connectivity index (χ0n) is 10.6. The quantitative estimate of drug-likeness (QED) is 0.528. The Morgan fingerprint density at radius 3 is 2.33 bits per heavy atom. The Bertz CT molecular complexity index is 186. The Morgan fingerprint density at radius 1 is 1.27 bits per heavy atom. The predicted molar refractivity (Wildman–Crippen MR) is 61.9 cm³/mol. The summed E-state index contributed by atoms with van der Waals surface area (Å²) in [7, 11) is 4.05. The molecule has 0 unspecified atom stereocenters. The summed E-state index contributed by atoms with van der Waals surface area (Å²) in [5, 5.41) is 3.19. The number of ether oxygens (including phenoxy) is 1. The molecule has 4 heteroatoms. The molecule has 0 saturated carbocycles. The van der Waals surface area contributed by atoms with Crippen LogP contribution < -0.4 is 5.32 Å². The molecule has 0 aliphatic carbocycles. The average molecular weight is 216 g/mol. The van der Waals surface area contributed by atoms with Gasteiger partial charge in [-0.3, -0.25) is 4.79 Å². The number of nitrogens with zero attached hydrogens (tertiary/aromatic N) is 1. The Hall–Kier alpha value is -0.610. The van der Waals surface area contributed by atoms with Gasteiger partial charge in [0, 0.05) is 19.6 Å². The van der Waals surface area contributed by atoms with Gasteiger partial charge in [-0.25, -0.2) is 0 Å². The summed E-state index contributed by atoms with van der Waals surface area (Å²) in [6, 6.07) is 0. The largest absolute Gasteiger partial charge is 0.460 e. The first-order chi connectivity index (χ1) is 6.81. The molecule has 0 amide bonds. The molecule has 0 atom stereocenters. The van der Waals surface area contributed by atoms with Crippen molar-refractivity contribution in [3.05, 3.63) is 0 Å². The minimum atomic E-state index is -0.374. The van der Waals surface area contributed by atoms with Crippen molar-refractivity contribution in [1.29, 1.82) is 0 Å². The zero-order chi connectivity index (χ0) is 11.9. The van der Waals surface area contributed by atoms with Crippen LogP contribution in [-0.4, -0.2) is 50.2 Å². The van der Waals surface area contributed by atoms with Gasteiger partial charge in [0.1, 0.15) is 5.60 Å². The topological polar surface area (TPSA) is 41.6 Å². The number of hydrogen-bond donors (Lipinski definition) is 1. The second-order valence-corrected chi connectivity index (χ2v) is 4.89. The van der Waals surface area contributed by atoms with Gasteiger partial charge in [-0.15, -0.1) is 0 Å². The van der Waals surface area contributed by atoms with E-state index in [1.54, 1.807) is 0 Å². The van der Waals surface area contributed by atoms with E-state index in [0.717, 1.165) is 13.1 Å². The second kappa shape index (κ2) is 6.80. The summed E-state index contributed by atoms with van der Waals surface area (Å²) in [6.45, 7) is 8.20. The first-order valence-electron chi connectivity index (χ1n) is 5.38. The SMILES string of the molecule is CN(C)CCNCCC(=O)OC(C)(C)C. The Labute approximate surface area is 93.0 Å². The van der Waals surface area contributed by atoms with E-state index in [1.807, 2.05) is 34.9 Å². The number of carbonyl (C=O) groups is 1. The van der Waals surface area contributed by atoms with Crippen molar-refractivity contribution in [2.24, 2.45) is 0 Å². The van der Waals surface area contributed by atoms with Crippen LogP contribution >= 0.6 is 0 Å². The number of rotatable bonds is 6. The molecule has 0 heterocycles. The Kier molecular flexibility index (Phi) is 6.52. The van der Waals surface area contributed by atoms with Crippen molar-refractivity contribution in [2.45, 2.75) is 32.8 Å². The van der Waals surface area contributed by atoms with Gasteiger partial charge >= 0.3 is 5.97 Å². The zero-order valence-corrected chi connectivity index (χ0v) is 10.6. The fourth-order valence-corrected chi connectivity index (χ4v) is 1.01. The lowest BCUT2D eigenvalue weighted by Gasteiger charge is -2.19. The number of carbonyl (C=O) groups excluding carboxylic acids is 1. The third-order valence-electron chi connectivity index (χ3n) is 1.66. The highest BCUT2D eigenvalue weighted by atomic mass is 16.6. The van der Waals surface area contributed by atoms with E-state index >= 15 is 0 Å². The minimum Gasteiger partial charge on any atom is -0.460 e. The van der Waals surface area contributed by atoms with E-state index in [1.165, 1.54) is 0 Å². The number of nitrogens with one attached hydrogen (secondary N) is 1. The maximum atomic E-state index is 11.3. The molecular formula is C11H24N2O2. The smallest absolute Gasteiger partial charge is 0.307 e. The van der Waals surface area contributed by atoms with E-state index in [0.29, 0.717) is 13.0 Å². The van der Waals surface area contributed by atoms with Crippen LogP contribution in [0.15, 0.2) is 0 Å². The van der Waals surface area contributed by atoms with Crippen LogP contribution in [0.1, 0.15) is 27.2 Å². The van der Waals surface area contributed by atoms with Crippen molar-refractivity contribution in [2.75, 3.05) is 33.7 Å². The number of esters is 1. The van der Waals surface area contributed by atoms with Crippen molar-refractivity contribution >= 4 is 5.97 Å². The van der Waals surface area contributed by atoms with E-state index in [-0.39, 0.29) is 11.6 Å². The van der Waals surface area contributed by atoms with Crippen molar-refractivity contribution in [3.63, 3.8) is 0 Å². The molecule has 1 N–H and O–H groups in total.